The van der Waals surface area contributed by atoms with Crippen molar-refractivity contribution in [2.75, 3.05) is 6.54 Å². The molecule has 0 bridgehead atoms. The first-order chi connectivity index (χ1) is 23.5. The Kier molecular flexibility index (Phi) is 11.3. The molecule has 1 unspecified atom stereocenters. The summed E-state index contributed by atoms with van der Waals surface area (Å²) in [5.41, 5.74) is 5.30. The van der Waals surface area contributed by atoms with Crippen LogP contribution in [0.3, 0.4) is 0 Å². The Morgan fingerprint density at radius 1 is 1.12 bits per heavy atom. The van der Waals surface area contributed by atoms with Gasteiger partial charge in [0, 0.05) is 31.3 Å². The van der Waals surface area contributed by atoms with Gasteiger partial charge in [0.25, 0.3) is 0 Å². The third-order valence-electron chi connectivity index (χ3n) is 9.77. The molecule has 1 aliphatic rings. The lowest BCUT2D eigenvalue weighted by atomic mass is 9.91. The number of likely N-dealkylation sites (tertiary alicyclic amines) is 1. The SMILES string of the molecule is Cc1ncsc1-c1ccc([C@H](C)NC(=O)[C@H]2C[C@@H](O[Si](C)(C)C(C)(C)C)CN2C(=O)C(c2cc(COc3cc(F)ccn3)no2)C(C)C)cc1. The summed E-state index contributed by atoms with van der Waals surface area (Å²) in [5, 5.41) is 7.25. The maximum absolute atomic E-state index is 14.5. The first-order valence-corrected chi connectivity index (χ1v) is 20.8. The second-order valence-corrected chi connectivity index (χ2v) is 20.5. The Hall–Kier alpha value is -3.94. The molecule has 1 N–H and O–H groups in total. The lowest BCUT2D eigenvalue weighted by Gasteiger charge is -2.38. The Bertz CT molecular complexity index is 1790. The van der Waals surface area contributed by atoms with Gasteiger partial charge in [-0.25, -0.2) is 14.4 Å². The van der Waals surface area contributed by atoms with Crippen LogP contribution in [0, 0.1) is 18.7 Å². The number of carbonyl (C=O) groups excluding carboxylic acids is 2. The second-order valence-electron chi connectivity index (χ2n) is 14.9. The Morgan fingerprint density at radius 3 is 2.46 bits per heavy atom. The van der Waals surface area contributed by atoms with Gasteiger partial charge in [0.05, 0.1) is 28.2 Å². The highest BCUT2D eigenvalue weighted by Crippen LogP contribution is 2.40. The highest BCUT2D eigenvalue weighted by atomic mass is 32.1. The third kappa shape index (κ3) is 8.49. The molecule has 1 aliphatic heterocycles. The van der Waals surface area contributed by atoms with Crippen LogP contribution >= 0.6 is 11.3 Å². The van der Waals surface area contributed by atoms with Crippen molar-refractivity contribution in [2.45, 2.75) is 104 Å². The summed E-state index contributed by atoms with van der Waals surface area (Å²) in [7, 11) is -2.21. The molecule has 0 spiro atoms. The van der Waals surface area contributed by atoms with Gasteiger partial charge in [-0.3, -0.25) is 9.59 Å². The molecule has 2 amide bonds. The van der Waals surface area contributed by atoms with Gasteiger partial charge >= 0.3 is 0 Å². The average molecular weight is 722 g/mol. The van der Waals surface area contributed by atoms with E-state index >= 15 is 0 Å². The number of hydrogen-bond acceptors (Lipinski definition) is 9. The van der Waals surface area contributed by atoms with E-state index in [1.807, 2.05) is 57.5 Å². The molecule has 0 radical (unpaired) electrons. The van der Waals surface area contributed by atoms with E-state index in [9.17, 15) is 14.0 Å². The molecule has 268 valence electrons. The number of benzene rings is 1. The molecular weight excluding hydrogens is 674 g/mol. The van der Waals surface area contributed by atoms with Crippen LogP contribution in [-0.4, -0.2) is 58.8 Å². The van der Waals surface area contributed by atoms with Gasteiger partial charge in [-0.05, 0) is 55.1 Å². The number of thiazole rings is 1. The fourth-order valence-electron chi connectivity index (χ4n) is 5.93. The van der Waals surface area contributed by atoms with Crippen LogP contribution < -0.4 is 10.1 Å². The summed E-state index contributed by atoms with van der Waals surface area (Å²) in [4.78, 5) is 39.7. The number of aryl methyl sites for hydroxylation is 1. The second kappa shape index (κ2) is 15.1. The van der Waals surface area contributed by atoms with Crippen molar-refractivity contribution in [2.24, 2.45) is 5.92 Å². The molecule has 13 heteroatoms. The van der Waals surface area contributed by atoms with Gasteiger partial charge in [-0.15, -0.1) is 11.3 Å². The number of amides is 2. The van der Waals surface area contributed by atoms with E-state index in [1.54, 1.807) is 22.3 Å². The van der Waals surface area contributed by atoms with Gasteiger partial charge in [-0.1, -0.05) is 64.0 Å². The molecule has 1 saturated heterocycles. The lowest BCUT2D eigenvalue weighted by Crippen LogP contribution is -2.48. The first-order valence-electron chi connectivity index (χ1n) is 17.0. The van der Waals surface area contributed by atoms with Gasteiger partial charge in [-0.2, -0.15) is 0 Å². The van der Waals surface area contributed by atoms with Crippen LogP contribution in [0.25, 0.3) is 10.4 Å². The smallest absolute Gasteiger partial charge is 0.243 e. The van der Waals surface area contributed by atoms with E-state index in [0.717, 1.165) is 21.7 Å². The maximum Gasteiger partial charge on any atom is 0.243 e. The molecule has 0 aliphatic carbocycles. The van der Waals surface area contributed by atoms with E-state index in [2.05, 4.69) is 54.3 Å². The molecule has 1 aromatic carbocycles. The van der Waals surface area contributed by atoms with Crippen LogP contribution in [0.4, 0.5) is 4.39 Å². The van der Waals surface area contributed by atoms with Gasteiger partial charge in [0.1, 0.15) is 35.8 Å². The molecule has 4 aromatic rings. The quantitative estimate of drug-likeness (QED) is 0.147. The van der Waals surface area contributed by atoms with Crippen LogP contribution in [0.1, 0.15) is 82.6 Å². The minimum atomic E-state index is -2.21. The van der Waals surface area contributed by atoms with Gasteiger partial charge in [0.2, 0.25) is 17.7 Å². The number of hydrogen-bond donors (Lipinski definition) is 1. The summed E-state index contributed by atoms with van der Waals surface area (Å²) in [6.45, 7) is 19.0. The van der Waals surface area contributed by atoms with Crippen molar-refractivity contribution < 1.29 is 27.7 Å². The molecule has 5 rings (SSSR count). The molecule has 10 nitrogen and oxygen atoms in total. The number of pyridine rings is 1. The molecular formula is C37H48FN5O5SSi. The molecule has 3 aromatic heterocycles. The number of carbonyl (C=O) groups is 2. The summed E-state index contributed by atoms with van der Waals surface area (Å²) in [6.07, 6.45) is 1.41. The summed E-state index contributed by atoms with van der Waals surface area (Å²) in [6, 6.07) is 11.2. The van der Waals surface area contributed by atoms with Gasteiger partial charge in [0.15, 0.2) is 8.32 Å². The van der Waals surface area contributed by atoms with E-state index < -0.39 is 26.1 Å². The average Bonchev–Trinajstić information content (AvgIpc) is 3.79. The fraction of sp³-hybridized carbons (Fsp3) is 0.486. The third-order valence-corrected chi connectivity index (χ3v) is 15.3. The molecule has 4 heterocycles. The zero-order chi connectivity index (χ0) is 36.4. The number of rotatable bonds is 12. The molecule has 1 fully saturated rings. The standard InChI is InChI=1S/C37H48FN5O5SSi/c1-22(2)33(31-17-28(42-47-31)20-46-32-16-27(38)14-15-39-32)36(45)43-19-29(48-50(8,9)37(5,6)7)18-30(43)35(44)41-23(3)25-10-12-26(13-11-25)34-24(4)40-21-49-34/h10-17,21-23,29-30,33H,18-20H2,1-9H3,(H,41,44)/t23-,29+,30+,33?/m0/s1. The summed E-state index contributed by atoms with van der Waals surface area (Å²) < 4.78 is 31.7. The van der Waals surface area contributed by atoms with Crippen molar-refractivity contribution in [1.29, 1.82) is 0 Å². The van der Waals surface area contributed by atoms with Crippen LogP contribution in [0.2, 0.25) is 18.1 Å². The number of halogens is 1. The van der Waals surface area contributed by atoms with Crippen molar-refractivity contribution in [3.63, 3.8) is 0 Å². The summed E-state index contributed by atoms with van der Waals surface area (Å²) in [5.74, 6) is -1.31. The summed E-state index contributed by atoms with van der Waals surface area (Å²) >= 11 is 1.60. The maximum atomic E-state index is 14.5. The molecule has 0 saturated carbocycles. The highest BCUT2D eigenvalue weighted by molar-refractivity contribution is 7.13. The van der Waals surface area contributed by atoms with Crippen molar-refractivity contribution >= 4 is 31.5 Å². The monoisotopic (exact) mass is 721 g/mol. The van der Waals surface area contributed by atoms with E-state index in [4.69, 9.17) is 13.7 Å². The van der Waals surface area contributed by atoms with E-state index in [1.165, 1.54) is 18.3 Å². The zero-order valence-corrected chi connectivity index (χ0v) is 32.1. The largest absolute Gasteiger partial charge is 0.471 e. The number of ether oxygens (including phenoxy) is 1. The topological polar surface area (TPSA) is 120 Å². The van der Waals surface area contributed by atoms with Crippen molar-refractivity contribution in [1.82, 2.24) is 25.3 Å². The lowest BCUT2D eigenvalue weighted by molar-refractivity contribution is -0.141. The number of nitrogens with one attached hydrogen (secondary N) is 1. The van der Waals surface area contributed by atoms with Crippen molar-refractivity contribution in [3.05, 3.63) is 82.7 Å². The van der Waals surface area contributed by atoms with Gasteiger partial charge < -0.3 is 23.9 Å². The number of aromatic nitrogens is 3. The Balaban J connectivity index is 1.35. The highest BCUT2D eigenvalue weighted by Gasteiger charge is 2.47. The molecule has 4 atom stereocenters. The molecule has 50 heavy (non-hydrogen) atoms. The predicted octanol–water partition coefficient (Wildman–Crippen LogP) is 7.83. The Labute approximate surface area is 298 Å². The Morgan fingerprint density at radius 2 is 1.84 bits per heavy atom. The fourth-order valence-corrected chi connectivity index (χ4v) is 8.10. The predicted molar refractivity (Wildman–Crippen MR) is 194 cm³/mol. The van der Waals surface area contributed by atoms with Crippen molar-refractivity contribution in [3.8, 4) is 16.3 Å². The minimum absolute atomic E-state index is 0.0151. The number of nitrogens with zero attached hydrogens (tertiary/aromatic N) is 4. The first kappa shape index (κ1) is 37.3. The van der Waals surface area contributed by atoms with Crippen LogP contribution in [0.5, 0.6) is 5.88 Å². The normalized spacial score (nSPS) is 17.9. The van der Waals surface area contributed by atoms with E-state index in [0.29, 0.717) is 24.4 Å². The van der Waals surface area contributed by atoms with Crippen LogP contribution in [-0.2, 0) is 20.6 Å². The van der Waals surface area contributed by atoms with Crippen LogP contribution in [0.15, 0.2) is 58.7 Å². The minimum Gasteiger partial charge on any atom is -0.471 e. The van der Waals surface area contributed by atoms with E-state index in [-0.39, 0.29) is 47.4 Å². The zero-order valence-electron chi connectivity index (χ0n) is 30.3.